The highest BCUT2D eigenvalue weighted by Crippen LogP contribution is 2.22. The van der Waals surface area contributed by atoms with Crippen LogP contribution in [0.4, 0.5) is 4.39 Å². The van der Waals surface area contributed by atoms with Crippen LogP contribution >= 0.6 is 11.3 Å². The molecule has 0 bridgehead atoms. The maximum Gasteiger partial charge on any atom is 0.191 e. The van der Waals surface area contributed by atoms with Gasteiger partial charge in [0.25, 0.3) is 0 Å². The summed E-state index contributed by atoms with van der Waals surface area (Å²) < 4.78 is 13.4. The van der Waals surface area contributed by atoms with Crippen molar-refractivity contribution in [3.05, 3.63) is 58.0 Å². The summed E-state index contributed by atoms with van der Waals surface area (Å²) >= 11 is 1.71. The molecule has 0 radical (unpaired) electrons. The number of hydrogen-bond acceptors (Lipinski definition) is 2. The van der Waals surface area contributed by atoms with Gasteiger partial charge in [0.15, 0.2) is 5.96 Å². The summed E-state index contributed by atoms with van der Waals surface area (Å²) in [6.45, 7) is 5.58. The average molecular weight is 319 g/mol. The van der Waals surface area contributed by atoms with Crippen molar-refractivity contribution in [2.45, 2.75) is 25.8 Å². The molecule has 2 aromatic rings. The molecule has 0 saturated heterocycles. The predicted molar refractivity (Wildman–Crippen MR) is 91.9 cm³/mol. The van der Waals surface area contributed by atoms with Gasteiger partial charge in [0.05, 0.1) is 6.54 Å². The van der Waals surface area contributed by atoms with Crippen LogP contribution in [0.3, 0.4) is 0 Å². The van der Waals surface area contributed by atoms with Crippen LogP contribution in [0.5, 0.6) is 0 Å². The average Bonchev–Trinajstić information content (AvgIpc) is 3.01. The zero-order valence-corrected chi connectivity index (χ0v) is 14.0. The van der Waals surface area contributed by atoms with Crippen LogP contribution in [-0.4, -0.2) is 19.6 Å². The van der Waals surface area contributed by atoms with Crippen LogP contribution in [0.2, 0.25) is 0 Å². The zero-order valence-electron chi connectivity index (χ0n) is 13.2. The highest BCUT2D eigenvalue weighted by atomic mass is 32.1. The summed E-state index contributed by atoms with van der Waals surface area (Å²) in [7, 11) is 1.75. The fourth-order valence-corrected chi connectivity index (χ4v) is 2.77. The first-order chi connectivity index (χ1) is 10.5. The number of benzene rings is 1. The van der Waals surface area contributed by atoms with E-state index in [2.05, 4.69) is 40.9 Å². The Balaban J connectivity index is 1.91. The molecule has 118 valence electrons. The molecule has 0 amide bonds. The Kier molecular flexibility index (Phi) is 5.55. The second kappa shape index (κ2) is 7.40. The molecule has 0 aliphatic carbocycles. The second-order valence-corrected chi connectivity index (χ2v) is 6.79. The van der Waals surface area contributed by atoms with Crippen LogP contribution < -0.4 is 10.6 Å². The minimum Gasteiger partial charge on any atom is -0.356 e. The van der Waals surface area contributed by atoms with Crippen molar-refractivity contribution in [2.75, 3.05) is 13.6 Å². The molecule has 1 aromatic carbocycles. The Morgan fingerprint density at radius 1 is 1.23 bits per heavy atom. The molecule has 22 heavy (non-hydrogen) atoms. The number of rotatable bonds is 5. The Labute approximate surface area is 135 Å². The van der Waals surface area contributed by atoms with Crippen LogP contribution in [0, 0.1) is 5.82 Å². The van der Waals surface area contributed by atoms with Crippen molar-refractivity contribution in [3.8, 4) is 0 Å². The van der Waals surface area contributed by atoms with Crippen LogP contribution in [0.15, 0.2) is 46.8 Å². The highest BCUT2D eigenvalue weighted by molar-refractivity contribution is 7.09. The van der Waals surface area contributed by atoms with E-state index in [0.717, 1.165) is 18.1 Å². The molecule has 0 unspecified atom stereocenters. The van der Waals surface area contributed by atoms with E-state index < -0.39 is 0 Å². The van der Waals surface area contributed by atoms with E-state index in [0.29, 0.717) is 6.54 Å². The monoisotopic (exact) mass is 319 g/mol. The van der Waals surface area contributed by atoms with Gasteiger partial charge in [0.1, 0.15) is 5.82 Å². The largest absolute Gasteiger partial charge is 0.356 e. The number of hydrogen-bond donors (Lipinski definition) is 2. The van der Waals surface area contributed by atoms with Gasteiger partial charge in [-0.3, -0.25) is 4.99 Å². The molecule has 0 aliphatic rings. The van der Waals surface area contributed by atoms with Gasteiger partial charge in [-0.15, -0.1) is 11.3 Å². The fraction of sp³-hybridized carbons (Fsp3) is 0.353. The number of nitrogens with one attached hydrogen (secondary N) is 2. The Hall–Kier alpha value is -1.88. The zero-order chi connectivity index (χ0) is 16.0. The Morgan fingerprint density at radius 3 is 2.68 bits per heavy atom. The van der Waals surface area contributed by atoms with E-state index in [1.165, 1.54) is 10.9 Å². The predicted octanol–water partition coefficient (Wildman–Crippen LogP) is 3.53. The summed E-state index contributed by atoms with van der Waals surface area (Å²) in [5.74, 6) is 0.545. The quantitative estimate of drug-likeness (QED) is 0.653. The normalized spacial score (nSPS) is 12.3. The number of aliphatic imine (C=N–C) groups is 1. The molecule has 0 saturated carbocycles. The van der Waals surface area contributed by atoms with Crippen molar-refractivity contribution in [1.82, 2.24) is 10.6 Å². The minimum absolute atomic E-state index is 0.192. The molecule has 0 fully saturated rings. The van der Waals surface area contributed by atoms with Crippen molar-refractivity contribution in [1.29, 1.82) is 0 Å². The van der Waals surface area contributed by atoms with Gasteiger partial charge in [-0.25, -0.2) is 4.39 Å². The Morgan fingerprint density at radius 2 is 2.05 bits per heavy atom. The summed E-state index contributed by atoms with van der Waals surface area (Å²) in [4.78, 5) is 5.48. The van der Waals surface area contributed by atoms with E-state index in [-0.39, 0.29) is 11.2 Å². The van der Waals surface area contributed by atoms with Crippen molar-refractivity contribution >= 4 is 17.3 Å². The summed E-state index contributed by atoms with van der Waals surface area (Å²) in [6.07, 6.45) is 0. The SMILES string of the molecule is CN=C(NCc1cccs1)NCC(C)(C)c1cccc(F)c1. The topological polar surface area (TPSA) is 36.4 Å². The first kappa shape index (κ1) is 16.5. The molecule has 1 heterocycles. The van der Waals surface area contributed by atoms with Crippen LogP contribution in [0.25, 0.3) is 0 Å². The molecule has 2 N–H and O–H groups in total. The van der Waals surface area contributed by atoms with Crippen molar-refractivity contribution in [3.63, 3.8) is 0 Å². The molecule has 2 rings (SSSR count). The molecule has 3 nitrogen and oxygen atoms in total. The molecular weight excluding hydrogens is 297 g/mol. The van der Waals surface area contributed by atoms with Gasteiger partial charge in [-0.1, -0.05) is 32.0 Å². The maximum atomic E-state index is 13.4. The third kappa shape index (κ3) is 4.56. The van der Waals surface area contributed by atoms with Crippen LogP contribution in [-0.2, 0) is 12.0 Å². The number of halogens is 1. The van der Waals surface area contributed by atoms with E-state index in [1.54, 1.807) is 30.5 Å². The minimum atomic E-state index is -0.203. The van der Waals surface area contributed by atoms with Crippen LogP contribution in [0.1, 0.15) is 24.3 Å². The first-order valence-electron chi connectivity index (χ1n) is 7.24. The third-order valence-corrected chi connectivity index (χ3v) is 4.41. The maximum absolute atomic E-state index is 13.4. The van der Waals surface area contributed by atoms with E-state index in [4.69, 9.17) is 0 Å². The second-order valence-electron chi connectivity index (χ2n) is 5.75. The fourth-order valence-electron chi connectivity index (χ4n) is 2.12. The lowest BCUT2D eigenvalue weighted by Gasteiger charge is -2.26. The Bertz CT molecular complexity index is 621. The number of thiophene rings is 1. The van der Waals surface area contributed by atoms with Gasteiger partial charge in [-0.05, 0) is 29.1 Å². The molecule has 0 atom stereocenters. The van der Waals surface area contributed by atoms with Gasteiger partial charge >= 0.3 is 0 Å². The van der Waals surface area contributed by atoms with Gasteiger partial charge < -0.3 is 10.6 Å². The van der Waals surface area contributed by atoms with E-state index >= 15 is 0 Å². The molecule has 0 spiro atoms. The van der Waals surface area contributed by atoms with E-state index in [9.17, 15) is 4.39 Å². The van der Waals surface area contributed by atoms with Crippen molar-refractivity contribution < 1.29 is 4.39 Å². The summed E-state index contributed by atoms with van der Waals surface area (Å²) in [6, 6.07) is 10.9. The summed E-state index contributed by atoms with van der Waals surface area (Å²) in [5, 5.41) is 8.65. The highest BCUT2D eigenvalue weighted by Gasteiger charge is 2.21. The number of guanidine groups is 1. The first-order valence-corrected chi connectivity index (χ1v) is 8.12. The molecular formula is C17H22FN3S. The molecule has 0 aliphatic heterocycles. The molecule has 1 aromatic heterocycles. The summed E-state index contributed by atoms with van der Waals surface area (Å²) in [5.41, 5.74) is 0.775. The van der Waals surface area contributed by atoms with Crippen molar-refractivity contribution in [2.24, 2.45) is 4.99 Å². The third-order valence-electron chi connectivity index (χ3n) is 3.54. The lowest BCUT2D eigenvalue weighted by molar-refractivity contribution is 0.503. The van der Waals surface area contributed by atoms with Gasteiger partial charge in [0, 0.05) is 23.9 Å². The van der Waals surface area contributed by atoms with Gasteiger partial charge in [-0.2, -0.15) is 0 Å². The molecule has 5 heteroatoms. The van der Waals surface area contributed by atoms with E-state index in [1.807, 2.05) is 12.1 Å². The lowest BCUT2D eigenvalue weighted by atomic mass is 9.84. The lowest BCUT2D eigenvalue weighted by Crippen LogP contribution is -2.43. The van der Waals surface area contributed by atoms with Gasteiger partial charge in [0.2, 0.25) is 0 Å². The number of nitrogens with zero attached hydrogens (tertiary/aromatic N) is 1. The smallest absolute Gasteiger partial charge is 0.191 e. The standard InChI is InChI=1S/C17H22FN3S/c1-17(2,13-6-4-7-14(18)10-13)12-21-16(19-3)20-11-15-8-5-9-22-15/h4-10H,11-12H2,1-3H3,(H2,19,20,21).